The van der Waals surface area contributed by atoms with Crippen LogP contribution < -0.4 is 21.3 Å². The quantitative estimate of drug-likeness (QED) is 0.315. The first-order chi connectivity index (χ1) is 12.4. The predicted octanol–water partition coefficient (Wildman–Crippen LogP) is 2.89. The zero-order valence-corrected chi connectivity index (χ0v) is 14.4. The first-order valence-electron chi connectivity index (χ1n) is 7.72. The van der Waals surface area contributed by atoms with Gasteiger partial charge in [0.1, 0.15) is 6.61 Å². The molecule has 0 bridgehead atoms. The van der Waals surface area contributed by atoms with Crippen LogP contribution in [-0.4, -0.2) is 18.4 Å². The van der Waals surface area contributed by atoms with Crippen LogP contribution in [0.3, 0.4) is 0 Å². The van der Waals surface area contributed by atoms with E-state index in [4.69, 9.17) is 9.53 Å². The van der Waals surface area contributed by atoms with Crippen molar-refractivity contribution in [1.29, 1.82) is 0 Å². The summed E-state index contributed by atoms with van der Waals surface area (Å²) in [6, 6.07) is 9.26. The number of alkyl halides is 3. The molecular formula is C17H21F3N4O2. The van der Waals surface area contributed by atoms with E-state index in [1.54, 1.807) is 30.7 Å². The number of amides is 1. The lowest BCUT2D eigenvalue weighted by Gasteiger charge is -2.17. The topological polar surface area (TPSA) is 89.3 Å². The fraction of sp³-hybridized carbons (Fsp3) is 0.294. The molecule has 4 N–H and O–H groups in total. The van der Waals surface area contributed by atoms with Crippen molar-refractivity contribution in [2.45, 2.75) is 26.1 Å². The number of carbonyl (C=O) groups is 1. The minimum atomic E-state index is -4.43. The molecule has 142 valence electrons. The maximum atomic E-state index is 13.1. The number of carbonyl (C=O) groups excluding carboxylic acids is 1. The standard InChI is InChI=1S/C16H17F3N2O.CH4N2O/c1-3-11-6-4-9-15(21-11)22-10-12-13(16(17,18)19)7-5-8-14(12)20-2;2-3-1-4/h4-9,20H,3,10H2,1-2H3;1H,2H2,(H,3,4). The number of hydrogen-bond acceptors (Lipinski definition) is 5. The molecule has 1 aromatic carbocycles. The molecule has 0 aliphatic heterocycles. The molecule has 1 aromatic heterocycles. The second-order valence-electron chi connectivity index (χ2n) is 4.97. The van der Waals surface area contributed by atoms with Crippen LogP contribution in [0.1, 0.15) is 23.7 Å². The van der Waals surface area contributed by atoms with Crippen molar-refractivity contribution in [1.82, 2.24) is 10.4 Å². The van der Waals surface area contributed by atoms with E-state index in [1.807, 2.05) is 13.0 Å². The Labute approximate surface area is 149 Å². The fourth-order valence-corrected chi connectivity index (χ4v) is 2.12. The molecule has 0 aliphatic rings. The van der Waals surface area contributed by atoms with E-state index in [0.717, 1.165) is 18.2 Å². The number of pyridine rings is 1. The van der Waals surface area contributed by atoms with Crippen molar-refractivity contribution in [2.75, 3.05) is 12.4 Å². The summed E-state index contributed by atoms with van der Waals surface area (Å²) < 4.78 is 44.8. The molecule has 1 heterocycles. The smallest absolute Gasteiger partial charge is 0.416 e. The zero-order valence-electron chi connectivity index (χ0n) is 14.4. The Kier molecular flexibility index (Phi) is 8.36. The van der Waals surface area contributed by atoms with E-state index in [-0.39, 0.29) is 12.2 Å². The van der Waals surface area contributed by atoms with E-state index in [2.05, 4.69) is 16.1 Å². The fourth-order valence-electron chi connectivity index (χ4n) is 2.12. The molecule has 0 saturated carbocycles. The Hall–Kier alpha value is -2.81. The number of nitrogens with zero attached hydrogens (tertiary/aromatic N) is 1. The third-order valence-corrected chi connectivity index (χ3v) is 3.33. The first kappa shape index (κ1) is 21.2. The molecule has 0 saturated heterocycles. The second-order valence-corrected chi connectivity index (χ2v) is 4.97. The number of halogens is 3. The van der Waals surface area contributed by atoms with Crippen LogP contribution in [0.15, 0.2) is 36.4 Å². The van der Waals surface area contributed by atoms with Gasteiger partial charge in [0.25, 0.3) is 0 Å². The number of nitrogens with one attached hydrogen (secondary N) is 2. The Bertz CT molecular complexity index is 709. The number of nitrogens with two attached hydrogens (primary N) is 1. The molecule has 0 spiro atoms. The largest absolute Gasteiger partial charge is 0.473 e. The highest BCUT2D eigenvalue weighted by Gasteiger charge is 2.34. The lowest BCUT2D eigenvalue weighted by atomic mass is 10.1. The third kappa shape index (κ3) is 6.25. The molecule has 26 heavy (non-hydrogen) atoms. The number of rotatable bonds is 6. The van der Waals surface area contributed by atoms with Gasteiger partial charge in [0.05, 0.1) is 5.56 Å². The third-order valence-electron chi connectivity index (χ3n) is 3.33. The number of aryl methyl sites for hydroxylation is 1. The summed E-state index contributed by atoms with van der Waals surface area (Å²) in [7, 11) is 1.58. The summed E-state index contributed by atoms with van der Waals surface area (Å²) in [6.45, 7) is 1.75. The van der Waals surface area contributed by atoms with Gasteiger partial charge in [-0.05, 0) is 24.6 Å². The van der Waals surface area contributed by atoms with E-state index >= 15 is 0 Å². The Morgan fingerprint density at radius 3 is 2.42 bits per heavy atom. The first-order valence-corrected chi connectivity index (χ1v) is 7.72. The highest BCUT2D eigenvalue weighted by atomic mass is 19.4. The number of benzene rings is 1. The average Bonchev–Trinajstić information content (AvgIpc) is 2.65. The number of ether oxygens (including phenoxy) is 1. The molecule has 9 heteroatoms. The minimum Gasteiger partial charge on any atom is -0.473 e. The summed E-state index contributed by atoms with van der Waals surface area (Å²) in [5, 5.41) is 2.77. The van der Waals surface area contributed by atoms with Crippen molar-refractivity contribution in [3.63, 3.8) is 0 Å². The Morgan fingerprint density at radius 2 is 1.88 bits per heavy atom. The Balaban J connectivity index is 0.000000765. The number of hydrogen-bond donors (Lipinski definition) is 3. The number of anilines is 1. The van der Waals surface area contributed by atoms with Gasteiger partial charge < -0.3 is 10.1 Å². The monoisotopic (exact) mass is 370 g/mol. The van der Waals surface area contributed by atoms with Gasteiger partial charge in [0.2, 0.25) is 12.3 Å². The minimum absolute atomic E-state index is 0.0706. The van der Waals surface area contributed by atoms with Gasteiger partial charge in [-0.1, -0.05) is 19.1 Å². The second kappa shape index (κ2) is 10.2. The van der Waals surface area contributed by atoms with Crippen LogP contribution in [-0.2, 0) is 24.0 Å². The lowest BCUT2D eigenvalue weighted by Crippen LogP contribution is -2.18. The zero-order chi connectivity index (χ0) is 19.6. The average molecular weight is 370 g/mol. The maximum Gasteiger partial charge on any atom is 0.416 e. The normalized spacial score (nSPS) is 10.4. The van der Waals surface area contributed by atoms with Crippen molar-refractivity contribution in [3.05, 3.63) is 53.2 Å². The molecular weight excluding hydrogens is 349 g/mol. The lowest BCUT2D eigenvalue weighted by molar-refractivity contribution is -0.138. The van der Waals surface area contributed by atoms with Crippen LogP contribution in [0, 0.1) is 0 Å². The molecule has 1 amide bonds. The molecule has 0 fully saturated rings. The molecule has 0 aliphatic carbocycles. The number of hydrazine groups is 1. The predicted molar refractivity (Wildman–Crippen MR) is 92.3 cm³/mol. The van der Waals surface area contributed by atoms with Gasteiger partial charge in [0.15, 0.2) is 0 Å². The summed E-state index contributed by atoms with van der Waals surface area (Å²) in [5.41, 5.74) is 2.34. The molecule has 2 aromatic rings. The van der Waals surface area contributed by atoms with Crippen LogP contribution in [0.2, 0.25) is 0 Å². The van der Waals surface area contributed by atoms with Crippen molar-refractivity contribution in [3.8, 4) is 5.88 Å². The van der Waals surface area contributed by atoms with Gasteiger partial charge in [-0.25, -0.2) is 10.8 Å². The highest BCUT2D eigenvalue weighted by molar-refractivity contribution is 5.55. The summed E-state index contributed by atoms with van der Waals surface area (Å²) in [5.74, 6) is 4.73. The van der Waals surface area contributed by atoms with Gasteiger partial charge in [-0.3, -0.25) is 10.2 Å². The van der Waals surface area contributed by atoms with E-state index < -0.39 is 11.7 Å². The molecule has 2 rings (SSSR count). The van der Waals surface area contributed by atoms with Gasteiger partial charge in [0, 0.05) is 30.1 Å². The van der Waals surface area contributed by atoms with E-state index in [1.165, 1.54) is 6.07 Å². The highest BCUT2D eigenvalue weighted by Crippen LogP contribution is 2.35. The van der Waals surface area contributed by atoms with E-state index in [0.29, 0.717) is 18.0 Å². The SMILES string of the molecule is CCc1cccc(OCc2c(NC)cccc2C(F)(F)F)n1.NNC=O. The van der Waals surface area contributed by atoms with E-state index in [9.17, 15) is 13.2 Å². The van der Waals surface area contributed by atoms with Crippen LogP contribution in [0.5, 0.6) is 5.88 Å². The number of aromatic nitrogens is 1. The molecule has 0 unspecified atom stereocenters. The molecule has 0 radical (unpaired) electrons. The van der Waals surface area contributed by atoms with Crippen LogP contribution in [0.4, 0.5) is 18.9 Å². The molecule has 0 atom stereocenters. The van der Waals surface area contributed by atoms with Crippen molar-refractivity contribution < 1.29 is 22.7 Å². The summed E-state index contributed by atoms with van der Waals surface area (Å²) >= 11 is 0. The Morgan fingerprint density at radius 1 is 1.23 bits per heavy atom. The van der Waals surface area contributed by atoms with Crippen molar-refractivity contribution >= 4 is 12.1 Å². The summed E-state index contributed by atoms with van der Waals surface area (Å²) in [6.07, 6.45) is -3.29. The van der Waals surface area contributed by atoms with Gasteiger partial charge in [-0.15, -0.1) is 0 Å². The summed E-state index contributed by atoms with van der Waals surface area (Å²) in [4.78, 5) is 13.2. The molecule has 6 nitrogen and oxygen atoms in total. The van der Waals surface area contributed by atoms with Crippen LogP contribution >= 0.6 is 0 Å². The van der Waals surface area contributed by atoms with Gasteiger partial charge >= 0.3 is 6.18 Å². The van der Waals surface area contributed by atoms with Crippen molar-refractivity contribution in [2.24, 2.45) is 5.84 Å². The van der Waals surface area contributed by atoms with Crippen LogP contribution in [0.25, 0.3) is 0 Å². The maximum absolute atomic E-state index is 13.1. The van der Waals surface area contributed by atoms with Gasteiger partial charge in [-0.2, -0.15) is 13.2 Å².